The SMILES string of the molecule is CC(=O)N[C@@H](C)C(=O)N[C@@H](C)C(=O)N[C@@H](CCC(N)=O)C(=O)N[C@H](C(=O)N[C@@H](CCCN=C(N)N)C(=O)N[C@@H](Cc1ccccc1)C(=O)O)[C@@H](C)O. The van der Waals surface area contributed by atoms with Crippen LogP contribution in [0.5, 0.6) is 0 Å². The molecule has 52 heavy (non-hydrogen) atoms. The molecule has 0 aliphatic heterocycles. The molecule has 0 fully saturated rings. The largest absolute Gasteiger partial charge is 0.480 e. The third-order valence-corrected chi connectivity index (χ3v) is 7.42. The number of carboxylic acid groups (broad SMARTS) is 1. The second-order valence-electron chi connectivity index (χ2n) is 12.0. The molecule has 0 aliphatic carbocycles. The Kier molecular flexibility index (Phi) is 18.8. The number of carbonyl (C=O) groups is 8. The van der Waals surface area contributed by atoms with Gasteiger partial charge in [0.15, 0.2) is 5.96 Å². The molecule has 0 saturated carbocycles. The number of aliphatic imine (C=N–C) groups is 1. The van der Waals surface area contributed by atoms with E-state index in [-0.39, 0.29) is 44.6 Å². The van der Waals surface area contributed by atoms with Crippen molar-refractivity contribution in [1.82, 2.24) is 31.9 Å². The van der Waals surface area contributed by atoms with Crippen molar-refractivity contribution in [2.75, 3.05) is 6.54 Å². The van der Waals surface area contributed by atoms with E-state index in [2.05, 4.69) is 36.9 Å². The van der Waals surface area contributed by atoms with Crippen molar-refractivity contribution in [3.05, 3.63) is 35.9 Å². The van der Waals surface area contributed by atoms with E-state index in [9.17, 15) is 48.6 Å². The number of aliphatic hydroxyl groups is 1. The molecule has 14 N–H and O–H groups in total. The number of nitrogens with zero attached hydrogens (tertiary/aromatic N) is 1. The smallest absolute Gasteiger partial charge is 0.326 e. The molecular formula is C32H50N10O10. The summed E-state index contributed by atoms with van der Waals surface area (Å²) >= 11 is 0. The molecule has 288 valence electrons. The maximum atomic E-state index is 13.5. The molecule has 0 unspecified atom stereocenters. The molecule has 1 aromatic carbocycles. The molecule has 0 aliphatic rings. The Morgan fingerprint density at radius 3 is 1.75 bits per heavy atom. The fraction of sp³-hybridized carbons (Fsp3) is 0.531. The Hall–Kier alpha value is -5.79. The number of benzene rings is 1. The summed E-state index contributed by atoms with van der Waals surface area (Å²) in [7, 11) is 0. The first-order valence-corrected chi connectivity index (χ1v) is 16.4. The first-order chi connectivity index (χ1) is 24.3. The lowest BCUT2D eigenvalue weighted by atomic mass is 10.0. The van der Waals surface area contributed by atoms with Gasteiger partial charge < -0.3 is 59.3 Å². The maximum absolute atomic E-state index is 13.5. The number of nitrogens with two attached hydrogens (primary N) is 3. The van der Waals surface area contributed by atoms with Gasteiger partial charge in [-0.3, -0.25) is 38.6 Å². The van der Waals surface area contributed by atoms with E-state index >= 15 is 0 Å². The molecule has 20 nitrogen and oxygen atoms in total. The molecule has 7 atom stereocenters. The fourth-order valence-corrected chi connectivity index (χ4v) is 4.64. The van der Waals surface area contributed by atoms with E-state index in [1.165, 1.54) is 27.7 Å². The van der Waals surface area contributed by atoms with Crippen molar-refractivity contribution in [1.29, 1.82) is 0 Å². The lowest BCUT2D eigenvalue weighted by molar-refractivity contribution is -0.142. The number of carbonyl (C=O) groups excluding carboxylic acids is 7. The quantitative estimate of drug-likeness (QED) is 0.0308. The molecule has 0 spiro atoms. The van der Waals surface area contributed by atoms with Crippen LogP contribution in [0.15, 0.2) is 35.3 Å². The summed E-state index contributed by atoms with van der Waals surface area (Å²) in [6.45, 7) is 5.12. The minimum Gasteiger partial charge on any atom is -0.480 e. The number of guanidine groups is 1. The highest BCUT2D eigenvalue weighted by Gasteiger charge is 2.34. The summed E-state index contributed by atoms with van der Waals surface area (Å²) in [5.74, 6) is -7.37. The Morgan fingerprint density at radius 2 is 1.21 bits per heavy atom. The average molecular weight is 735 g/mol. The van der Waals surface area contributed by atoms with E-state index < -0.39 is 89.7 Å². The topological polar surface area (TPSA) is 340 Å². The van der Waals surface area contributed by atoms with Crippen molar-refractivity contribution in [2.45, 2.75) is 102 Å². The summed E-state index contributed by atoms with van der Waals surface area (Å²) in [6.07, 6.45) is -2.29. The Labute approximate surface area is 300 Å². The number of aliphatic carboxylic acids is 1. The van der Waals surface area contributed by atoms with Crippen LogP contribution in [0.4, 0.5) is 0 Å². The number of nitrogens with one attached hydrogen (secondary N) is 6. The molecule has 0 heterocycles. The lowest BCUT2D eigenvalue weighted by Crippen LogP contribution is -2.61. The first kappa shape index (κ1) is 44.2. The van der Waals surface area contributed by atoms with Gasteiger partial charge in [-0.2, -0.15) is 0 Å². The number of hydrogen-bond acceptors (Lipinski definition) is 10. The second kappa shape index (κ2) is 22.1. The summed E-state index contributed by atoms with van der Waals surface area (Å²) in [5.41, 5.74) is 16.6. The van der Waals surface area contributed by atoms with Crippen LogP contribution in [0, 0.1) is 0 Å². The average Bonchev–Trinajstić information content (AvgIpc) is 3.05. The summed E-state index contributed by atoms with van der Waals surface area (Å²) < 4.78 is 0. The van der Waals surface area contributed by atoms with Gasteiger partial charge in [0, 0.05) is 26.3 Å². The van der Waals surface area contributed by atoms with Crippen molar-refractivity contribution in [2.24, 2.45) is 22.2 Å². The van der Waals surface area contributed by atoms with Crippen LogP contribution < -0.4 is 49.1 Å². The normalized spacial score (nSPS) is 14.7. The zero-order valence-electron chi connectivity index (χ0n) is 29.5. The maximum Gasteiger partial charge on any atom is 0.326 e. The van der Waals surface area contributed by atoms with E-state index in [0.29, 0.717) is 5.56 Å². The fourth-order valence-electron chi connectivity index (χ4n) is 4.64. The Bertz CT molecular complexity index is 1450. The molecule has 7 amide bonds. The van der Waals surface area contributed by atoms with Gasteiger partial charge in [-0.05, 0) is 45.6 Å². The molecule has 0 saturated heterocycles. The predicted octanol–water partition coefficient (Wildman–Crippen LogP) is -4.02. The van der Waals surface area contributed by atoms with Crippen LogP contribution in [0.25, 0.3) is 0 Å². The van der Waals surface area contributed by atoms with Crippen molar-refractivity contribution >= 4 is 53.3 Å². The molecule has 1 rings (SSSR count). The van der Waals surface area contributed by atoms with Gasteiger partial charge in [-0.1, -0.05) is 30.3 Å². The van der Waals surface area contributed by atoms with E-state index in [1.54, 1.807) is 30.3 Å². The zero-order valence-corrected chi connectivity index (χ0v) is 29.5. The molecule has 1 aromatic rings. The first-order valence-electron chi connectivity index (χ1n) is 16.4. The van der Waals surface area contributed by atoms with Crippen molar-refractivity contribution in [3.63, 3.8) is 0 Å². The molecular weight excluding hydrogens is 684 g/mol. The van der Waals surface area contributed by atoms with Gasteiger partial charge in [0.25, 0.3) is 0 Å². The highest BCUT2D eigenvalue weighted by Crippen LogP contribution is 2.08. The van der Waals surface area contributed by atoms with Crippen LogP contribution in [-0.2, 0) is 44.8 Å². The number of hydrogen-bond donors (Lipinski definition) is 11. The molecule has 0 radical (unpaired) electrons. The third kappa shape index (κ3) is 16.7. The van der Waals surface area contributed by atoms with Crippen molar-refractivity contribution < 1.29 is 48.6 Å². The van der Waals surface area contributed by atoms with Gasteiger partial charge in [0.05, 0.1) is 6.10 Å². The molecule has 0 aromatic heterocycles. The van der Waals surface area contributed by atoms with Crippen molar-refractivity contribution in [3.8, 4) is 0 Å². The number of carboxylic acids is 1. The van der Waals surface area contributed by atoms with E-state index in [4.69, 9.17) is 17.2 Å². The van der Waals surface area contributed by atoms with Crippen LogP contribution in [-0.4, -0.2) is 112 Å². The van der Waals surface area contributed by atoms with Crippen LogP contribution in [0.1, 0.15) is 58.9 Å². The van der Waals surface area contributed by atoms with Crippen LogP contribution >= 0.6 is 0 Å². The molecule has 20 heteroatoms. The van der Waals surface area contributed by atoms with Gasteiger partial charge in [-0.25, -0.2) is 4.79 Å². The van der Waals surface area contributed by atoms with Gasteiger partial charge in [-0.15, -0.1) is 0 Å². The van der Waals surface area contributed by atoms with Gasteiger partial charge >= 0.3 is 5.97 Å². The lowest BCUT2D eigenvalue weighted by Gasteiger charge is -2.27. The van der Waals surface area contributed by atoms with Gasteiger partial charge in [0.2, 0.25) is 41.4 Å². The highest BCUT2D eigenvalue weighted by molar-refractivity contribution is 5.97. The minimum absolute atomic E-state index is 0.0528. The summed E-state index contributed by atoms with van der Waals surface area (Å²) in [4.78, 5) is 104. The highest BCUT2D eigenvalue weighted by atomic mass is 16.4. The number of primary amides is 1. The van der Waals surface area contributed by atoms with E-state index in [0.717, 1.165) is 0 Å². The monoisotopic (exact) mass is 734 g/mol. The number of rotatable bonds is 22. The second-order valence-corrected chi connectivity index (χ2v) is 12.0. The number of aliphatic hydroxyl groups excluding tert-OH is 1. The zero-order chi connectivity index (χ0) is 39.5. The Morgan fingerprint density at radius 1 is 0.692 bits per heavy atom. The van der Waals surface area contributed by atoms with Crippen LogP contribution in [0.3, 0.4) is 0 Å². The standard InChI is InChI=1S/C32H50N10O10/c1-16(37-19(4)44)26(46)38-17(2)27(47)39-22(12-13-24(33)45)29(49)42-25(18(3)43)30(50)40-21(11-8-14-36-32(34)35)28(48)41-23(31(51)52)15-20-9-6-5-7-10-20/h5-7,9-10,16-18,21-23,25,43H,8,11-15H2,1-4H3,(H2,33,45)(H,37,44)(H,38,46)(H,39,47)(H,40,50)(H,41,48)(H,42,49)(H,51,52)(H4,34,35,36)/t16-,17-,18+,21-,22-,23-,25-/m0/s1. The minimum atomic E-state index is -1.72. The summed E-state index contributed by atoms with van der Waals surface area (Å²) in [5, 5.41) is 34.5. The number of amides is 7. The molecule has 0 bridgehead atoms. The third-order valence-electron chi connectivity index (χ3n) is 7.42. The predicted molar refractivity (Wildman–Crippen MR) is 186 cm³/mol. The Balaban J connectivity index is 3.19. The van der Waals surface area contributed by atoms with Crippen LogP contribution in [0.2, 0.25) is 0 Å². The van der Waals surface area contributed by atoms with E-state index in [1.807, 2.05) is 0 Å². The van der Waals surface area contributed by atoms with Gasteiger partial charge in [0.1, 0.15) is 36.3 Å². The summed E-state index contributed by atoms with van der Waals surface area (Å²) in [6, 6.07) is 0.318.